The second-order valence-corrected chi connectivity index (χ2v) is 4.46. The lowest BCUT2D eigenvalue weighted by molar-refractivity contribution is -0.139. The van der Waals surface area contributed by atoms with Crippen LogP contribution < -0.4 is 5.73 Å². The minimum absolute atomic E-state index is 0. The van der Waals surface area contributed by atoms with Crippen LogP contribution in [0.5, 0.6) is 0 Å². The summed E-state index contributed by atoms with van der Waals surface area (Å²) < 4.78 is 0. The Balaban J connectivity index is 0.00000169. The molecule has 3 unspecified atom stereocenters. The topological polar surface area (TPSA) is 63.3 Å². The molecule has 1 fully saturated rings. The molecule has 3 atom stereocenters. The molecule has 84 valence electrons. The van der Waals surface area contributed by atoms with Crippen molar-refractivity contribution >= 4 is 18.4 Å². The van der Waals surface area contributed by atoms with E-state index in [1.54, 1.807) is 0 Å². The average Bonchev–Trinajstić information content (AvgIpc) is 1.99. The minimum atomic E-state index is -0.775. The lowest BCUT2D eigenvalue weighted by atomic mass is 9.67. The van der Waals surface area contributed by atoms with Crippen molar-refractivity contribution in [3.8, 4) is 0 Å². The number of nitrogens with two attached hydrogens (primary N) is 1. The van der Waals surface area contributed by atoms with E-state index in [1.165, 1.54) is 6.42 Å². The Morgan fingerprint density at radius 3 is 2.64 bits per heavy atom. The Morgan fingerprint density at radius 1 is 1.57 bits per heavy atom. The summed E-state index contributed by atoms with van der Waals surface area (Å²) in [4.78, 5) is 10.6. The van der Waals surface area contributed by atoms with Gasteiger partial charge in [-0.15, -0.1) is 12.4 Å². The molecule has 14 heavy (non-hydrogen) atoms. The van der Waals surface area contributed by atoms with Crippen molar-refractivity contribution in [1.29, 1.82) is 0 Å². The number of halogens is 1. The van der Waals surface area contributed by atoms with Crippen LogP contribution in [0.2, 0.25) is 0 Å². The van der Waals surface area contributed by atoms with Crippen molar-refractivity contribution in [2.45, 2.75) is 45.1 Å². The molecule has 0 aliphatic heterocycles. The maximum Gasteiger partial charge on any atom is 0.305 e. The van der Waals surface area contributed by atoms with Gasteiger partial charge in [-0.05, 0) is 18.3 Å². The van der Waals surface area contributed by atoms with Gasteiger partial charge in [-0.3, -0.25) is 4.79 Å². The first-order valence-electron chi connectivity index (χ1n) is 4.96. The Labute approximate surface area is 91.5 Å². The first-order valence-corrected chi connectivity index (χ1v) is 4.96. The van der Waals surface area contributed by atoms with Gasteiger partial charge in [-0.1, -0.05) is 26.7 Å². The lowest BCUT2D eigenvalue weighted by Gasteiger charge is -2.42. The number of rotatable bonds is 2. The summed E-state index contributed by atoms with van der Waals surface area (Å²) in [5.74, 6) is 0.0962. The Morgan fingerprint density at radius 2 is 2.14 bits per heavy atom. The molecule has 1 saturated carbocycles. The summed E-state index contributed by atoms with van der Waals surface area (Å²) in [6.07, 6.45) is 3.21. The van der Waals surface area contributed by atoms with Gasteiger partial charge in [0.1, 0.15) is 0 Å². The summed E-state index contributed by atoms with van der Waals surface area (Å²) in [5.41, 5.74) is 5.64. The molecule has 0 spiro atoms. The fourth-order valence-corrected chi connectivity index (χ4v) is 2.33. The van der Waals surface area contributed by atoms with Gasteiger partial charge in [0.15, 0.2) is 0 Å². The molecule has 0 aromatic rings. The molecule has 0 radical (unpaired) electrons. The zero-order valence-corrected chi connectivity index (χ0v) is 9.64. The molecular weight excluding hydrogens is 202 g/mol. The van der Waals surface area contributed by atoms with E-state index >= 15 is 0 Å². The number of hydrogen-bond donors (Lipinski definition) is 2. The van der Waals surface area contributed by atoms with Crippen molar-refractivity contribution in [2.75, 3.05) is 0 Å². The lowest BCUT2D eigenvalue weighted by Crippen LogP contribution is -2.52. The van der Waals surface area contributed by atoms with Crippen LogP contribution in [0.25, 0.3) is 0 Å². The second-order valence-electron chi connectivity index (χ2n) is 4.46. The Bertz CT molecular complexity index is 210. The van der Waals surface area contributed by atoms with Gasteiger partial charge in [0.25, 0.3) is 0 Å². The van der Waals surface area contributed by atoms with Gasteiger partial charge < -0.3 is 10.8 Å². The molecule has 1 aliphatic carbocycles. The highest BCUT2D eigenvalue weighted by atomic mass is 35.5. The molecule has 0 heterocycles. The van der Waals surface area contributed by atoms with Crippen molar-refractivity contribution in [3.05, 3.63) is 0 Å². The smallest absolute Gasteiger partial charge is 0.305 e. The third kappa shape index (κ3) is 2.85. The number of carboxylic acid groups (broad SMARTS) is 1. The van der Waals surface area contributed by atoms with E-state index in [0.29, 0.717) is 11.8 Å². The van der Waals surface area contributed by atoms with E-state index in [0.717, 1.165) is 12.8 Å². The van der Waals surface area contributed by atoms with Crippen LogP contribution in [0.15, 0.2) is 0 Å². The van der Waals surface area contributed by atoms with Crippen LogP contribution in [-0.4, -0.2) is 16.6 Å². The summed E-state index contributed by atoms with van der Waals surface area (Å²) in [6.45, 7) is 4.24. The molecule has 1 aliphatic rings. The number of hydrogen-bond acceptors (Lipinski definition) is 2. The fourth-order valence-electron chi connectivity index (χ4n) is 2.33. The quantitative estimate of drug-likeness (QED) is 0.750. The molecule has 0 bridgehead atoms. The molecule has 3 nitrogen and oxygen atoms in total. The summed E-state index contributed by atoms with van der Waals surface area (Å²) in [6, 6.07) is 0. The van der Waals surface area contributed by atoms with Crippen molar-refractivity contribution in [2.24, 2.45) is 17.6 Å². The van der Waals surface area contributed by atoms with Gasteiger partial charge in [-0.25, -0.2) is 0 Å². The molecular formula is C10H20ClNO2. The molecule has 0 aromatic carbocycles. The number of carboxylic acids is 1. The van der Waals surface area contributed by atoms with Crippen molar-refractivity contribution < 1.29 is 9.90 Å². The maximum atomic E-state index is 10.6. The van der Waals surface area contributed by atoms with E-state index in [9.17, 15) is 4.79 Å². The zero-order chi connectivity index (χ0) is 10.1. The Kier molecular flexibility index (Phi) is 4.89. The van der Waals surface area contributed by atoms with Crippen molar-refractivity contribution in [3.63, 3.8) is 0 Å². The highest BCUT2D eigenvalue weighted by molar-refractivity contribution is 5.85. The van der Waals surface area contributed by atoms with Crippen LogP contribution >= 0.6 is 12.4 Å². The molecule has 1 rings (SSSR count). The van der Waals surface area contributed by atoms with Gasteiger partial charge in [0, 0.05) is 5.54 Å². The van der Waals surface area contributed by atoms with E-state index in [4.69, 9.17) is 10.8 Å². The van der Waals surface area contributed by atoms with Crippen molar-refractivity contribution in [1.82, 2.24) is 0 Å². The summed E-state index contributed by atoms with van der Waals surface area (Å²) in [5, 5.41) is 8.75. The fraction of sp³-hybridized carbons (Fsp3) is 0.900. The highest BCUT2D eigenvalue weighted by Gasteiger charge is 2.39. The first kappa shape index (κ1) is 13.7. The molecule has 0 aromatic heterocycles. The van der Waals surface area contributed by atoms with E-state index in [2.05, 4.69) is 13.8 Å². The van der Waals surface area contributed by atoms with Crippen LogP contribution in [0, 0.1) is 11.8 Å². The number of aliphatic carboxylic acids is 1. The molecule has 3 N–H and O–H groups in total. The minimum Gasteiger partial charge on any atom is -0.481 e. The Hall–Kier alpha value is -0.280. The monoisotopic (exact) mass is 221 g/mol. The van der Waals surface area contributed by atoms with E-state index < -0.39 is 11.5 Å². The average molecular weight is 222 g/mol. The van der Waals surface area contributed by atoms with Crippen LogP contribution in [0.4, 0.5) is 0 Å². The van der Waals surface area contributed by atoms with Gasteiger partial charge >= 0.3 is 5.97 Å². The van der Waals surface area contributed by atoms with E-state index in [-0.39, 0.29) is 18.8 Å². The van der Waals surface area contributed by atoms with E-state index in [1.807, 2.05) is 0 Å². The molecule has 0 saturated heterocycles. The van der Waals surface area contributed by atoms with Gasteiger partial charge in [-0.2, -0.15) is 0 Å². The third-order valence-electron chi connectivity index (χ3n) is 3.54. The first-order chi connectivity index (χ1) is 5.96. The third-order valence-corrected chi connectivity index (χ3v) is 3.54. The predicted octanol–water partition coefficient (Wildman–Crippen LogP) is 2.04. The zero-order valence-electron chi connectivity index (χ0n) is 8.82. The largest absolute Gasteiger partial charge is 0.481 e. The van der Waals surface area contributed by atoms with Crippen LogP contribution in [0.3, 0.4) is 0 Å². The number of carbonyl (C=O) groups is 1. The normalized spacial score (nSPS) is 37.4. The molecule has 0 amide bonds. The molecule has 4 heteroatoms. The maximum absolute atomic E-state index is 10.6. The highest BCUT2D eigenvalue weighted by Crippen LogP contribution is 2.37. The second kappa shape index (κ2) is 4.99. The SMILES string of the molecule is CC1CCCC(N)(CC(=O)O)C1C.Cl. The van der Waals surface area contributed by atoms with Gasteiger partial charge in [0.2, 0.25) is 0 Å². The summed E-state index contributed by atoms with van der Waals surface area (Å²) >= 11 is 0. The van der Waals surface area contributed by atoms with Crippen LogP contribution in [-0.2, 0) is 4.79 Å². The van der Waals surface area contributed by atoms with Crippen LogP contribution in [0.1, 0.15) is 39.5 Å². The van der Waals surface area contributed by atoms with Gasteiger partial charge in [0.05, 0.1) is 6.42 Å². The predicted molar refractivity (Wildman–Crippen MR) is 58.6 cm³/mol. The standard InChI is InChI=1S/C10H19NO2.ClH/c1-7-4-3-5-10(11,8(7)2)6-9(12)13;/h7-8H,3-6,11H2,1-2H3,(H,12,13);1H. The summed E-state index contributed by atoms with van der Waals surface area (Å²) in [7, 11) is 0.